The van der Waals surface area contributed by atoms with E-state index in [0.29, 0.717) is 16.2 Å². The Kier molecular flexibility index (Phi) is 10.1. The zero-order chi connectivity index (χ0) is 41.8. The second-order valence-electron chi connectivity index (χ2n) is 13.5. The van der Waals surface area contributed by atoms with Gasteiger partial charge in [-0.2, -0.15) is 0 Å². The lowest BCUT2D eigenvalue weighted by Crippen LogP contribution is -2.31. The zero-order valence-electron chi connectivity index (χ0n) is 29.3. The molecule has 1 aliphatic carbocycles. The van der Waals surface area contributed by atoms with E-state index in [4.69, 9.17) is 86.2 Å². The van der Waals surface area contributed by atoms with Crippen LogP contribution in [0.5, 0.6) is 0 Å². The molecule has 0 bridgehead atoms. The van der Waals surface area contributed by atoms with Crippen LogP contribution in [0.25, 0.3) is 10.9 Å². The number of aromatic nitrogens is 1. The highest BCUT2D eigenvalue weighted by molar-refractivity contribution is 7.98. The number of nitrogens with zero attached hydrogens (tertiary/aromatic N) is 3. The van der Waals surface area contributed by atoms with E-state index < -0.39 is 41.1 Å². The van der Waals surface area contributed by atoms with Crippen LogP contribution in [0, 0.1) is 0 Å². The van der Waals surface area contributed by atoms with Crippen LogP contribution in [-0.4, -0.2) is 45.1 Å². The van der Waals surface area contributed by atoms with E-state index in [-0.39, 0.29) is 97.4 Å². The van der Waals surface area contributed by atoms with E-state index in [1.54, 1.807) is 24.3 Å². The first-order chi connectivity index (χ1) is 28.2. The van der Waals surface area contributed by atoms with Crippen molar-refractivity contribution in [2.45, 2.75) is 23.1 Å². The second kappa shape index (κ2) is 14.9. The molecule has 5 aromatic carbocycles. The molecular formula is C42H18Cl7N3O6S. The first-order valence-electron chi connectivity index (χ1n) is 17.3. The Labute approximate surface area is 373 Å². The fourth-order valence-electron chi connectivity index (χ4n) is 7.51. The maximum atomic E-state index is 14.4. The van der Waals surface area contributed by atoms with Crippen LogP contribution in [0.15, 0.2) is 83.8 Å². The average Bonchev–Trinajstić information content (AvgIpc) is 3.76. The minimum Gasteiger partial charge on any atom is -0.293 e. The quantitative estimate of drug-likeness (QED) is 0.0510. The number of hydrogen-bond donors (Lipinski definition) is 0. The molecule has 292 valence electrons. The minimum atomic E-state index is -1.56. The third-order valence-corrected chi connectivity index (χ3v) is 14.7. The fourth-order valence-corrected chi connectivity index (χ4v) is 10.7. The summed E-state index contributed by atoms with van der Waals surface area (Å²) in [5, 5.41) is -0.995. The largest absolute Gasteiger partial charge is 0.293 e. The first-order valence-corrected chi connectivity index (χ1v) is 20.9. The molecular weight excluding hydrogens is 923 g/mol. The third kappa shape index (κ3) is 6.02. The van der Waals surface area contributed by atoms with Crippen molar-refractivity contribution in [2.75, 3.05) is 4.90 Å². The van der Waals surface area contributed by atoms with Gasteiger partial charge in [0, 0.05) is 16.0 Å². The molecule has 0 radical (unpaired) electrons. The second-order valence-corrected chi connectivity index (χ2v) is 17.2. The van der Waals surface area contributed by atoms with Crippen LogP contribution in [0.2, 0.25) is 35.2 Å². The molecule has 6 aromatic rings. The summed E-state index contributed by atoms with van der Waals surface area (Å²) >= 11 is 47.0. The number of amides is 4. The van der Waals surface area contributed by atoms with Crippen molar-refractivity contribution < 1.29 is 28.8 Å². The topological polar surface area (TPSA) is 122 Å². The Morgan fingerprint density at radius 1 is 0.542 bits per heavy atom. The fraction of sp³-hybridized carbons (Fsp3) is 0.0714. The van der Waals surface area contributed by atoms with Crippen LogP contribution in [-0.2, 0) is 12.3 Å². The van der Waals surface area contributed by atoms with Crippen LogP contribution < -0.4 is 4.90 Å². The van der Waals surface area contributed by atoms with Crippen molar-refractivity contribution in [3.63, 3.8) is 0 Å². The maximum absolute atomic E-state index is 14.4. The lowest BCUT2D eigenvalue weighted by molar-refractivity contribution is 0.0641. The van der Waals surface area contributed by atoms with Crippen LogP contribution in [0.4, 0.5) is 5.69 Å². The van der Waals surface area contributed by atoms with Crippen molar-refractivity contribution in [1.82, 2.24) is 9.88 Å². The number of anilines is 1. The van der Waals surface area contributed by atoms with Crippen LogP contribution >= 0.6 is 93.0 Å². The average molecular weight is 941 g/mol. The lowest BCUT2D eigenvalue weighted by Gasteiger charge is -2.21. The van der Waals surface area contributed by atoms with Crippen LogP contribution in [0.3, 0.4) is 0 Å². The number of fused-ring (bicyclic) bond motifs is 4. The third-order valence-electron chi connectivity index (χ3n) is 10.3. The molecule has 17 heteroatoms. The van der Waals surface area contributed by atoms with Gasteiger partial charge in [-0.3, -0.25) is 33.7 Å². The number of pyridine rings is 1. The lowest BCUT2D eigenvalue weighted by atomic mass is 9.97. The molecule has 0 N–H and O–H groups in total. The van der Waals surface area contributed by atoms with E-state index in [1.807, 2.05) is 30.3 Å². The Balaban J connectivity index is 1.17. The van der Waals surface area contributed by atoms with Gasteiger partial charge in [0.25, 0.3) is 23.6 Å². The Hall–Kier alpha value is -4.49. The van der Waals surface area contributed by atoms with Gasteiger partial charge in [-0.15, -0.1) is 11.8 Å². The first kappa shape index (κ1) is 39.9. The van der Waals surface area contributed by atoms with Gasteiger partial charge >= 0.3 is 0 Å². The van der Waals surface area contributed by atoms with E-state index >= 15 is 0 Å². The molecule has 3 heterocycles. The molecule has 1 unspecified atom stereocenters. The summed E-state index contributed by atoms with van der Waals surface area (Å²) in [5.74, 6) is -5.43. The van der Waals surface area contributed by atoms with Gasteiger partial charge in [-0.25, -0.2) is 9.88 Å². The number of ketones is 2. The predicted octanol–water partition coefficient (Wildman–Crippen LogP) is 11.9. The number of carbonyl (C=O) groups excluding carboxylic acids is 6. The molecule has 0 saturated carbocycles. The highest BCUT2D eigenvalue weighted by Crippen LogP contribution is 2.51. The Bertz CT molecular complexity index is 2920. The molecule has 9 rings (SSSR count). The monoisotopic (exact) mass is 937 g/mol. The maximum Gasteiger partial charge on any atom is 0.267 e. The summed E-state index contributed by atoms with van der Waals surface area (Å²) in [5.41, 5.74) is 0.670. The molecule has 59 heavy (non-hydrogen) atoms. The standard InChI is InChI=1S/C42H18Cl7N3O6S/c43-28-24-25(31(46)38(34(28)49)59-15-16-6-2-1-3-7-16)37(54)23(36(24)53)21-12-11-18-17(14-51-39(55)19-8-4-5-9-20(19)40(51)56)10-13-22(35(18)50-21)52-41(57)26-27(42(52)58)30(45)33(48)32(47)29(26)44/h1-13,23H,14-15H2. The predicted molar refractivity (Wildman–Crippen MR) is 229 cm³/mol. The van der Waals surface area contributed by atoms with Gasteiger partial charge in [0.15, 0.2) is 11.6 Å². The molecule has 2 aliphatic heterocycles. The highest BCUT2D eigenvalue weighted by Gasteiger charge is 2.47. The SMILES string of the molecule is O=C1c2c(Cl)c(Cl)c(SCc3ccccc3)c(Cl)c2C(=O)C1c1ccc2c(CN3C(=O)c4ccccc4C3=O)ccc(N3C(=O)c4c(Cl)c(Cl)c(Cl)c(Cl)c4C3=O)c2n1. The molecule has 4 amide bonds. The number of Topliss-reactive ketones (excluding diaryl/α,β-unsaturated/α-hetero) is 2. The number of carbonyl (C=O) groups is 6. The van der Waals surface area contributed by atoms with Gasteiger partial charge < -0.3 is 0 Å². The number of imide groups is 2. The number of rotatable bonds is 7. The van der Waals surface area contributed by atoms with Gasteiger partial charge in [-0.1, -0.05) is 136 Å². The molecule has 9 nitrogen and oxygen atoms in total. The number of hydrogen-bond acceptors (Lipinski definition) is 8. The smallest absolute Gasteiger partial charge is 0.267 e. The summed E-state index contributed by atoms with van der Waals surface area (Å²) in [6.07, 6.45) is 0. The molecule has 0 fully saturated rings. The number of thioether (sulfide) groups is 1. The van der Waals surface area contributed by atoms with Gasteiger partial charge in [0.2, 0.25) is 0 Å². The normalized spacial score (nSPS) is 15.9. The van der Waals surface area contributed by atoms with Gasteiger partial charge in [0.05, 0.1) is 92.0 Å². The Morgan fingerprint density at radius 2 is 1.08 bits per heavy atom. The summed E-state index contributed by atoms with van der Waals surface area (Å²) in [6.45, 7) is -0.241. The molecule has 0 spiro atoms. The van der Waals surface area contributed by atoms with Crippen molar-refractivity contribution in [3.05, 3.63) is 164 Å². The summed E-state index contributed by atoms with van der Waals surface area (Å²) in [6, 6.07) is 21.7. The van der Waals surface area contributed by atoms with Crippen molar-refractivity contribution in [3.8, 4) is 0 Å². The van der Waals surface area contributed by atoms with Gasteiger partial charge in [-0.05, 0) is 35.4 Å². The van der Waals surface area contributed by atoms with Crippen molar-refractivity contribution >= 4 is 145 Å². The van der Waals surface area contributed by atoms with Gasteiger partial charge in [0.1, 0.15) is 5.92 Å². The number of benzene rings is 5. The summed E-state index contributed by atoms with van der Waals surface area (Å²) < 4.78 is 0. The zero-order valence-corrected chi connectivity index (χ0v) is 35.5. The van der Waals surface area contributed by atoms with E-state index in [9.17, 15) is 28.8 Å². The van der Waals surface area contributed by atoms with E-state index in [1.165, 1.54) is 36.0 Å². The van der Waals surface area contributed by atoms with E-state index in [0.717, 1.165) is 15.4 Å². The van der Waals surface area contributed by atoms with E-state index in [2.05, 4.69) is 0 Å². The molecule has 3 aliphatic rings. The molecule has 1 aromatic heterocycles. The highest BCUT2D eigenvalue weighted by atomic mass is 35.5. The molecule has 0 saturated heterocycles. The summed E-state index contributed by atoms with van der Waals surface area (Å²) in [4.78, 5) is 90.6. The van der Waals surface area contributed by atoms with Crippen LogP contribution in [0.1, 0.15) is 84.9 Å². The number of halogens is 7. The summed E-state index contributed by atoms with van der Waals surface area (Å²) in [7, 11) is 0. The van der Waals surface area contributed by atoms with Crippen molar-refractivity contribution in [1.29, 1.82) is 0 Å². The molecule has 1 atom stereocenters. The van der Waals surface area contributed by atoms with Crippen molar-refractivity contribution in [2.24, 2.45) is 0 Å². The minimum absolute atomic E-state index is 0.00728. The Morgan fingerprint density at radius 3 is 1.68 bits per heavy atom.